The smallest absolute Gasteiger partial charge is 0.229 e. The molecule has 3 rings (SSSR count). The van der Waals surface area contributed by atoms with Gasteiger partial charge in [0.25, 0.3) is 0 Å². The Bertz CT molecular complexity index is 674. The van der Waals surface area contributed by atoms with E-state index in [-0.39, 0.29) is 11.8 Å². The van der Waals surface area contributed by atoms with Crippen molar-refractivity contribution in [3.8, 4) is 11.3 Å². The monoisotopic (exact) mass is 376 g/mol. The Morgan fingerprint density at radius 1 is 1.39 bits per heavy atom. The minimum Gasteiger partial charge on any atom is -0.316 e. The number of anilines is 1. The van der Waals surface area contributed by atoms with E-state index >= 15 is 0 Å². The number of carbonyl (C=O) groups excluding carboxylic acids is 1. The zero-order chi connectivity index (χ0) is 16.2. The highest BCUT2D eigenvalue weighted by Gasteiger charge is 2.23. The fourth-order valence-corrected chi connectivity index (χ4v) is 3.23. The summed E-state index contributed by atoms with van der Waals surface area (Å²) >= 11 is 3.45. The number of carbonyl (C=O) groups is 1. The Morgan fingerprint density at radius 3 is 2.83 bits per heavy atom. The van der Waals surface area contributed by atoms with Crippen LogP contribution in [0.5, 0.6) is 0 Å². The lowest BCUT2D eigenvalue weighted by atomic mass is 9.98. The van der Waals surface area contributed by atoms with E-state index in [2.05, 4.69) is 43.7 Å². The number of halogens is 1. The predicted molar refractivity (Wildman–Crippen MR) is 95.3 cm³/mol. The molecule has 6 heteroatoms. The second kappa shape index (κ2) is 7.27. The maximum atomic E-state index is 12.4. The van der Waals surface area contributed by atoms with Crippen LogP contribution in [0.4, 0.5) is 5.82 Å². The van der Waals surface area contributed by atoms with Gasteiger partial charge in [-0.15, -0.1) is 0 Å². The van der Waals surface area contributed by atoms with E-state index in [0.717, 1.165) is 53.6 Å². The first-order valence-corrected chi connectivity index (χ1v) is 8.83. The van der Waals surface area contributed by atoms with Crippen molar-refractivity contribution in [3.05, 3.63) is 34.3 Å². The molecule has 1 aliphatic heterocycles. The topological polar surface area (TPSA) is 69.8 Å². The van der Waals surface area contributed by atoms with Gasteiger partial charge in [-0.2, -0.15) is 5.10 Å². The van der Waals surface area contributed by atoms with Gasteiger partial charge in [0.05, 0.1) is 11.6 Å². The van der Waals surface area contributed by atoms with Crippen molar-refractivity contribution in [1.29, 1.82) is 0 Å². The number of aromatic amines is 1. The fourth-order valence-electron chi connectivity index (χ4n) is 2.96. The normalized spacial score (nSPS) is 17.9. The molecule has 1 aliphatic rings. The quantitative estimate of drug-likeness (QED) is 0.766. The first-order valence-electron chi connectivity index (χ1n) is 8.03. The minimum absolute atomic E-state index is 0.0290. The Labute approximate surface area is 144 Å². The molecule has 122 valence electrons. The lowest BCUT2D eigenvalue weighted by molar-refractivity contribution is -0.120. The van der Waals surface area contributed by atoms with Crippen LogP contribution in [0.1, 0.15) is 25.3 Å². The Hall–Kier alpha value is -1.66. The summed E-state index contributed by atoms with van der Waals surface area (Å²) in [7, 11) is 0. The van der Waals surface area contributed by atoms with Crippen molar-refractivity contribution in [2.24, 2.45) is 5.92 Å². The van der Waals surface area contributed by atoms with Crippen molar-refractivity contribution >= 4 is 27.7 Å². The van der Waals surface area contributed by atoms with Crippen LogP contribution in [0, 0.1) is 5.92 Å². The third-order valence-electron chi connectivity index (χ3n) is 4.26. The number of hydrogen-bond donors (Lipinski definition) is 3. The summed E-state index contributed by atoms with van der Waals surface area (Å²) in [6.07, 6.45) is 2.79. The van der Waals surface area contributed by atoms with Gasteiger partial charge in [0.1, 0.15) is 0 Å². The standard InChI is InChI=1S/C17H21BrN4O/c1-2-14-15(11-5-7-13(18)8-6-11)21-22-16(14)20-17(23)12-4-3-9-19-10-12/h5-8,12,19H,2-4,9-10H2,1H3,(H2,20,21,22,23). The molecule has 1 atom stereocenters. The maximum absolute atomic E-state index is 12.4. The third-order valence-corrected chi connectivity index (χ3v) is 4.79. The minimum atomic E-state index is 0.0290. The lowest BCUT2D eigenvalue weighted by Crippen LogP contribution is -2.37. The molecule has 0 bridgehead atoms. The van der Waals surface area contributed by atoms with Crippen LogP contribution in [0.25, 0.3) is 11.3 Å². The largest absolute Gasteiger partial charge is 0.316 e. The first kappa shape index (κ1) is 16.2. The van der Waals surface area contributed by atoms with Crippen LogP contribution in [-0.2, 0) is 11.2 Å². The van der Waals surface area contributed by atoms with Crippen LogP contribution >= 0.6 is 15.9 Å². The van der Waals surface area contributed by atoms with E-state index < -0.39 is 0 Å². The number of nitrogens with zero attached hydrogens (tertiary/aromatic N) is 1. The summed E-state index contributed by atoms with van der Waals surface area (Å²) in [6.45, 7) is 3.82. The van der Waals surface area contributed by atoms with E-state index in [9.17, 15) is 4.79 Å². The van der Waals surface area contributed by atoms with Gasteiger partial charge in [0.2, 0.25) is 5.91 Å². The average molecular weight is 377 g/mol. The van der Waals surface area contributed by atoms with Gasteiger partial charge >= 0.3 is 0 Å². The SMILES string of the molecule is CCc1c(NC(=O)C2CCCNC2)n[nH]c1-c1ccc(Br)cc1. The number of amides is 1. The molecule has 2 aromatic rings. The van der Waals surface area contributed by atoms with E-state index in [0.29, 0.717) is 5.82 Å². The van der Waals surface area contributed by atoms with Gasteiger partial charge in [0, 0.05) is 16.6 Å². The maximum Gasteiger partial charge on any atom is 0.229 e. The van der Waals surface area contributed by atoms with Gasteiger partial charge in [0.15, 0.2) is 5.82 Å². The van der Waals surface area contributed by atoms with Gasteiger partial charge < -0.3 is 10.6 Å². The molecular formula is C17H21BrN4O. The number of rotatable bonds is 4. The van der Waals surface area contributed by atoms with Gasteiger partial charge in [-0.25, -0.2) is 0 Å². The second-order valence-corrected chi connectivity index (χ2v) is 6.73. The number of H-pyrrole nitrogens is 1. The first-order chi connectivity index (χ1) is 11.2. The van der Waals surface area contributed by atoms with E-state index in [4.69, 9.17) is 0 Å². The highest BCUT2D eigenvalue weighted by Crippen LogP contribution is 2.28. The number of nitrogens with one attached hydrogen (secondary N) is 3. The van der Waals surface area contributed by atoms with Crippen LogP contribution in [0.15, 0.2) is 28.7 Å². The van der Waals surface area contributed by atoms with Crippen molar-refractivity contribution in [2.45, 2.75) is 26.2 Å². The molecule has 5 nitrogen and oxygen atoms in total. The van der Waals surface area contributed by atoms with Crippen LogP contribution in [0.2, 0.25) is 0 Å². The molecular weight excluding hydrogens is 356 g/mol. The molecule has 0 aliphatic carbocycles. The van der Waals surface area contributed by atoms with E-state index in [1.54, 1.807) is 0 Å². The molecule has 0 saturated carbocycles. The summed E-state index contributed by atoms with van der Waals surface area (Å²) in [5.74, 6) is 0.739. The summed E-state index contributed by atoms with van der Waals surface area (Å²) in [5.41, 5.74) is 3.08. The zero-order valence-electron chi connectivity index (χ0n) is 13.2. The van der Waals surface area contributed by atoms with Crippen molar-refractivity contribution in [1.82, 2.24) is 15.5 Å². The predicted octanol–water partition coefficient (Wildman–Crippen LogP) is 3.34. The molecule has 0 spiro atoms. The lowest BCUT2D eigenvalue weighted by Gasteiger charge is -2.21. The Kier molecular flexibility index (Phi) is 5.13. The summed E-state index contributed by atoms with van der Waals surface area (Å²) in [4.78, 5) is 12.4. The Morgan fingerprint density at radius 2 is 2.17 bits per heavy atom. The highest BCUT2D eigenvalue weighted by molar-refractivity contribution is 9.10. The molecule has 3 N–H and O–H groups in total. The molecule has 23 heavy (non-hydrogen) atoms. The summed E-state index contributed by atoms with van der Waals surface area (Å²) < 4.78 is 1.04. The molecule has 2 heterocycles. The molecule has 1 aromatic heterocycles. The summed E-state index contributed by atoms with van der Waals surface area (Å²) in [6, 6.07) is 8.07. The third kappa shape index (κ3) is 3.64. The Balaban J connectivity index is 1.80. The van der Waals surface area contributed by atoms with Gasteiger partial charge in [-0.05, 0) is 43.5 Å². The second-order valence-electron chi connectivity index (χ2n) is 5.82. The summed E-state index contributed by atoms with van der Waals surface area (Å²) in [5, 5.41) is 13.7. The highest BCUT2D eigenvalue weighted by atomic mass is 79.9. The van der Waals surface area contributed by atoms with Gasteiger partial charge in [-0.3, -0.25) is 9.89 Å². The van der Waals surface area contributed by atoms with Gasteiger partial charge in [-0.1, -0.05) is 35.0 Å². The van der Waals surface area contributed by atoms with Crippen molar-refractivity contribution in [2.75, 3.05) is 18.4 Å². The molecule has 1 unspecified atom stereocenters. The van der Waals surface area contributed by atoms with Crippen molar-refractivity contribution in [3.63, 3.8) is 0 Å². The van der Waals surface area contributed by atoms with Crippen LogP contribution in [-0.4, -0.2) is 29.2 Å². The number of benzene rings is 1. The number of aromatic nitrogens is 2. The molecule has 1 saturated heterocycles. The molecule has 0 radical (unpaired) electrons. The number of hydrogen-bond acceptors (Lipinski definition) is 3. The van der Waals surface area contributed by atoms with E-state index in [1.165, 1.54) is 0 Å². The zero-order valence-corrected chi connectivity index (χ0v) is 14.7. The van der Waals surface area contributed by atoms with Crippen LogP contribution in [0.3, 0.4) is 0 Å². The van der Waals surface area contributed by atoms with Crippen molar-refractivity contribution < 1.29 is 4.79 Å². The average Bonchev–Trinajstić information content (AvgIpc) is 2.99. The van der Waals surface area contributed by atoms with E-state index in [1.807, 2.05) is 24.3 Å². The fraction of sp³-hybridized carbons (Fsp3) is 0.412. The molecule has 1 amide bonds. The van der Waals surface area contributed by atoms with Crippen LogP contribution < -0.4 is 10.6 Å². The molecule has 1 fully saturated rings. The number of piperidine rings is 1. The molecule has 1 aromatic carbocycles.